The molecule has 1 saturated heterocycles. The molecule has 0 bridgehead atoms. The molecule has 0 aromatic heterocycles. The van der Waals surface area contributed by atoms with Crippen LogP contribution in [0.15, 0.2) is 0 Å². The highest BCUT2D eigenvalue weighted by atomic mass is 16.5. The lowest BCUT2D eigenvalue weighted by molar-refractivity contribution is -0.146. The van der Waals surface area contributed by atoms with Crippen molar-refractivity contribution < 1.29 is 14.3 Å². The van der Waals surface area contributed by atoms with E-state index in [9.17, 15) is 4.79 Å². The number of carbonyl (C=O) groups is 1. The Bertz CT molecular complexity index is 225. The predicted octanol–water partition coefficient (Wildman–Crippen LogP) is 1.58. The van der Waals surface area contributed by atoms with Crippen LogP contribution in [0.1, 0.15) is 33.1 Å². The number of ether oxygens (including phenoxy) is 2. The molecule has 0 aromatic carbocycles. The lowest BCUT2D eigenvalue weighted by Gasteiger charge is -2.16. The number of nitrogens with two attached hydrogens (primary N) is 1. The molecule has 0 radical (unpaired) electrons. The van der Waals surface area contributed by atoms with Crippen LogP contribution >= 0.6 is 0 Å². The molecule has 1 heterocycles. The van der Waals surface area contributed by atoms with Crippen LogP contribution < -0.4 is 5.73 Å². The summed E-state index contributed by atoms with van der Waals surface area (Å²) in [6, 6.07) is 0. The molecule has 4 heteroatoms. The van der Waals surface area contributed by atoms with Crippen LogP contribution in [-0.4, -0.2) is 32.3 Å². The predicted molar refractivity (Wildman–Crippen MR) is 66.5 cm³/mol. The monoisotopic (exact) mass is 243 g/mol. The van der Waals surface area contributed by atoms with Gasteiger partial charge in [-0.1, -0.05) is 13.8 Å². The topological polar surface area (TPSA) is 61.6 Å². The molecule has 1 aliphatic rings. The fourth-order valence-electron chi connectivity index (χ4n) is 2.15. The molecule has 0 aliphatic carbocycles. The van der Waals surface area contributed by atoms with Crippen molar-refractivity contribution in [3.05, 3.63) is 0 Å². The van der Waals surface area contributed by atoms with Gasteiger partial charge < -0.3 is 15.2 Å². The Hall–Kier alpha value is -0.610. The van der Waals surface area contributed by atoms with Gasteiger partial charge in [0.1, 0.15) is 0 Å². The molecule has 1 fully saturated rings. The summed E-state index contributed by atoms with van der Waals surface area (Å²) in [5, 5.41) is 0. The summed E-state index contributed by atoms with van der Waals surface area (Å²) < 4.78 is 10.5. The first-order valence-electron chi connectivity index (χ1n) is 6.55. The minimum atomic E-state index is -0.118. The van der Waals surface area contributed by atoms with Crippen molar-refractivity contribution in [2.75, 3.05) is 26.4 Å². The molecular weight excluding hydrogens is 218 g/mol. The quantitative estimate of drug-likeness (QED) is 0.690. The minimum Gasteiger partial charge on any atom is -0.465 e. The number of rotatable bonds is 7. The van der Waals surface area contributed by atoms with Crippen molar-refractivity contribution in [3.63, 3.8) is 0 Å². The first kappa shape index (κ1) is 14.5. The highest BCUT2D eigenvalue weighted by molar-refractivity contribution is 5.69. The van der Waals surface area contributed by atoms with E-state index >= 15 is 0 Å². The van der Waals surface area contributed by atoms with Crippen molar-refractivity contribution in [1.29, 1.82) is 0 Å². The Balaban J connectivity index is 2.17. The molecule has 0 spiro atoms. The molecule has 0 amide bonds. The van der Waals surface area contributed by atoms with Gasteiger partial charge in [-0.3, -0.25) is 4.79 Å². The van der Waals surface area contributed by atoms with Gasteiger partial charge >= 0.3 is 5.97 Å². The van der Waals surface area contributed by atoms with Crippen molar-refractivity contribution in [1.82, 2.24) is 0 Å². The van der Waals surface area contributed by atoms with Crippen LogP contribution in [0.3, 0.4) is 0 Å². The van der Waals surface area contributed by atoms with E-state index in [-0.39, 0.29) is 11.9 Å². The second-order valence-electron chi connectivity index (χ2n) is 5.35. The largest absolute Gasteiger partial charge is 0.465 e. The second kappa shape index (κ2) is 7.67. The Labute approximate surface area is 104 Å². The van der Waals surface area contributed by atoms with E-state index in [1.54, 1.807) is 0 Å². The van der Waals surface area contributed by atoms with Gasteiger partial charge in [0.05, 0.1) is 13.2 Å². The van der Waals surface area contributed by atoms with E-state index in [1.165, 1.54) is 0 Å². The molecule has 2 N–H and O–H groups in total. The van der Waals surface area contributed by atoms with Crippen LogP contribution in [-0.2, 0) is 14.3 Å². The third-order valence-electron chi connectivity index (χ3n) is 3.10. The summed E-state index contributed by atoms with van der Waals surface area (Å²) >= 11 is 0. The van der Waals surface area contributed by atoms with Gasteiger partial charge in [-0.05, 0) is 31.2 Å². The number of hydrogen-bond acceptors (Lipinski definition) is 4. The van der Waals surface area contributed by atoms with Gasteiger partial charge in [0.15, 0.2) is 0 Å². The molecule has 1 aliphatic heterocycles. The first-order chi connectivity index (χ1) is 8.11. The molecular formula is C13H25NO3. The maximum Gasteiger partial charge on any atom is 0.306 e. The third-order valence-corrected chi connectivity index (χ3v) is 3.10. The Morgan fingerprint density at radius 2 is 2.29 bits per heavy atom. The molecule has 1 rings (SSSR count). The average molecular weight is 243 g/mol. The van der Waals surface area contributed by atoms with Gasteiger partial charge in [-0.2, -0.15) is 0 Å². The average Bonchev–Trinajstić information content (AvgIpc) is 2.77. The SMILES string of the molecule is CC(C)C[C@H](CN)CC(=O)OC[C@H]1CCOC1. The highest BCUT2D eigenvalue weighted by Crippen LogP contribution is 2.16. The molecule has 0 saturated carbocycles. The number of hydrogen-bond donors (Lipinski definition) is 1. The summed E-state index contributed by atoms with van der Waals surface area (Å²) in [6.07, 6.45) is 2.43. The zero-order valence-electron chi connectivity index (χ0n) is 11.0. The normalized spacial score (nSPS) is 21.8. The van der Waals surface area contributed by atoms with Crippen molar-refractivity contribution in [3.8, 4) is 0 Å². The van der Waals surface area contributed by atoms with Gasteiger partial charge in [0.25, 0.3) is 0 Å². The van der Waals surface area contributed by atoms with Crippen LogP contribution in [0.2, 0.25) is 0 Å². The molecule has 17 heavy (non-hydrogen) atoms. The second-order valence-corrected chi connectivity index (χ2v) is 5.35. The summed E-state index contributed by atoms with van der Waals surface area (Å²) in [4.78, 5) is 11.6. The van der Waals surface area contributed by atoms with E-state index in [0.717, 1.165) is 26.1 Å². The maximum atomic E-state index is 11.6. The Morgan fingerprint density at radius 1 is 1.53 bits per heavy atom. The van der Waals surface area contributed by atoms with Crippen LogP contribution in [0, 0.1) is 17.8 Å². The lowest BCUT2D eigenvalue weighted by Crippen LogP contribution is -2.22. The third kappa shape index (κ3) is 6.03. The Morgan fingerprint density at radius 3 is 2.82 bits per heavy atom. The van der Waals surface area contributed by atoms with E-state index in [0.29, 0.717) is 31.4 Å². The molecule has 4 nitrogen and oxygen atoms in total. The molecule has 100 valence electrons. The van der Waals surface area contributed by atoms with Gasteiger partial charge in [-0.25, -0.2) is 0 Å². The van der Waals surface area contributed by atoms with E-state index in [2.05, 4.69) is 13.8 Å². The summed E-state index contributed by atoms with van der Waals surface area (Å²) in [6.45, 7) is 6.85. The van der Waals surface area contributed by atoms with Crippen LogP contribution in [0.25, 0.3) is 0 Å². The molecule has 0 unspecified atom stereocenters. The van der Waals surface area contributed by atoms with Crippen LogP contribution in [0.4, 0.5) is 0 Å². The van der Waals surface area contributed by atoms with Crippen molar-refractivity contribution in [2.45, 2.75) is 33.1 Å². The zero-order valence-corrected chi connectivity index (χ0v) is 11.0. The maximum absolute atomic E-state index is 11.6. The highest BCUT2D eigenvalue weighted by Gasteiger charge is 2.19. The fraction of sp³-hybridized carbons (Fsp3) is 0.923. The first-order valence-corrected chi connectivity index (χ1v) is 6.55. The standard InChI is InChI=1S/C13H25NO3/c1-10(2)5-12(7-14)6-13(15)17-9-11-3-4-16-8-11/h10-12H,3-9,14H2,1-2H3/t11-,12-/m0/s1. The van der Waals surface area contributed by atoms with Gasteiger partial charge in [-0.15, -0.1) is 0 Å². The van der Waals surface area contributed by atoms with Crippen molar-refractivity contribution >= 4 is 5.97 Å². The summed E-state index contributed by atoms with van der Waals surface area (Å²) in [7, 11) is 0. The van der Waals surface area contributed by atoms with E-state index in [1.807, 2.05) is 0 Å². The van der Waals surface area contributed by atoms with Crippen molar-refractivity contribution in [2.24, 2.45) is 23.5 Å². The van der Waals surface area contributed by atoms with Crippen LogP contribution in [0.5, 0.6) is 0 Å². The number of esters is 1. The Kier molecular flexibility index (Phi) is 6.52. The molecule has 2 atom stereocenters. The molecule has 0 aromatic rings. The summed E-state index contributed by atoms with van der Waals surface area (Å²) in [5.41, 5.74) is 5.66. The van der Waals surface area contributed by atoms with E-state index in [4.69, 9.17) is 15.2 Å². The van der Waals surface area contributed by atoms with E-state index < -0.39 is 0 Å². The summed E-state index contributed by atoms with van der Waals surface area (Å²) in [5.74, 6) is 1.09. The van der Waals surface area contributed by atoms with Gasteiger partial charge in [0, 0.05) is 18.9 Å². The zero-order chi connectivity index (χ0) is 12.7. The number of carbonyl (C=O) groups excluding carboxylic acids is 1. The smallest absolute Gasteiger partial charge is 0.306 e. The minimum absolute atomic E-state index is 0.118. The van der Waals surface area contributed by atoms with Gasteiger partial charge in [0.2, 0.25) is 0 Å². The fourth-order valence-corrected chi connectivity index (χ4v) is 2.15. The lowest BCUT2D eigenvalue weighted by atomic mass is 9.94.